The molecule has 1 aromatic heterocycles. The number of H-pyrrole nitrogens is 1. The molecule has 1 amide bonds. The van der Waals surface area contributed by atoms with Gasteiger partial charge in [-0.15, -0.1) is 0 Å². The second-order valence-corrected chi connectivity index (χ2v) is 6.73. The van der Waals surface area contributed by atoms with Gasteiger partial charge >= 0.3 is 5.97 Å². The minimum atomic E-state index is -0.687. The molecule has 0 spiro atoms. The van der Waals surface area contributed by atoms with E-state index in [1.165, 1.54) is 4.90 Å². The van der Waals surface area contributed by atoms with Crippen LogP contribution in [0, 0.1) is 6.92 Å². The number of benzene rings is 1. The summed E-state index contributed by atoms with van der Waals surface area (Å²) in [6.45, 7) is 6.10. The molecule has 7 heteroatoms. The number of Topliss-reactive ketones (excluding diaryl/α,β-unsaturated/α-hetero) is 1. The quantitative estimate of drug-likeness (QED) is 0.395. The van der Waals surface area contributed by atoms with E-state index in [0.29, 0.717) is 29.1 Å². The Morgan fingerprint density at radius 3 is 2.31 bits per heavy atom. The maximum absolute atomic E-state index is 13.0. The summed E-state index contributed by atoms with van der Waals surface area (Å²) in [5.41, 5.74) is 1.80. The zero-order valence-corrected chi connectivity index (χ0v) is 17.6. The average Bonchev–Trinajstić information content (AvgIpc) is 3.08. The Morgan fingerprint density at radius 2 is 1.76 bits per heavy atom. The average molecular weight is 400 g/mol. The monoisotopic (exact) mass is 400 g/mol. The van der Waals surface area contributed by atoms with Gasteiger partial charge in [0.1, 0.15) is 11.4 Å². The maximum Gasteiger partial charge on any atom is 0.340 e. The van der Waals surface area contributed by atoms with Crippen molar-refractivity contribution in [3.05, 3.63) is 41.2 Å². The maximum atomic E-state index is 13.0. The summed E-state index contributed by atoms with van der Waals surface area (Å²) in [4.78, 5) is 42.6. The number of aryl methyl sites for hydroxylation is 1. The summed E-state index contributed by atoms with van der Waals surface area (Å²) in [6, 6.07) is 6.95. The van der Waals surface area contributed by atoms with Gasteiger partial charge in [-0.25, -0.2) is 4.79 Å². The third-order valence-corrected chi connectivity index (χ3v) is 4.66. The highest BCUT2D eigenvalue weighted by molar-refractivity contribution is 6.43. The Bertz CT molecular complexity index is 883. The molecular weight excluding hydrogens is 372 g/mol. The summed E-state index contributed by atoms with van der Waals surface area (Å²) in [6.07, 6.45) is 1.72. The molecule has 1 heterocycles. The van der Waals surface area contributed by atoms with Gasteiger partial charge in [-0.05, 0) is 38.0 Å². The normalized spacial score (nSPS) is 10.5. The van der Waals surface area contributed by atoms with Crippen LogP contribution in [0.3, 0.4) is 0 Å². The number of ketones is 1. The summed E-state index contributed by atoms with van der Waals surface area (Å²) >= 11 is 0. The van der Waals surface area contributed by atoms with Crippen LogP contribution in [-0.2, 0) is 9.53 Å². The molecule has 1 N–H and O–H groups in total. The van der Waals surface area contributed by atoms with Crippen molar-refractivity contribution in [2.45, 2.75) is 33.6 Å². The number of hydrogen-bond acceptors (Lipinski definition) is 5. The zero-order chi connectivity index (χ0) is 21.6. The highest BCUT2D eigenvalue weighted by atomic mass is 16.5. The van der Waals surface area contributed by atoms with E-state index in [1.54, 1.807) is 52.3 Å². The third kappa shape index (κ3) is 4.85. The first kappa shape index (κ1) is 22.2. The Kier molecular flexibility index (Phi) is 7.59. The van der Waals surface area contributed by atoms with E-state index < -0.39 is 17.7 Å². The highest BCUT2D eigenvalue weighted by Crippen LogP contribution is 2.32. The van der Waals surface area contributed by atoms with Crippen LogP contribution in [0.15, 0.2) is 24.3 Å². The van der Waals surface area contributed by atoms with E-state index in [1.807, 2.05) is 6.92 Å². The summed E-state index contributed by atoms with van der Waals surface area (Å²) < 4.78 is 10.4. The lowest BCUT2D eigenvalue weighted by Crippen LogP contribution is -2.34. The lowest BCUT2D eigenvalue weighted by Gasteiger charge is -2.16. The van der Waals surface area contributed by atoms with Crippen molar-refractivity contribution in [3.63, 3.8) is 0 Å². The Labute approximate surface area is 171 Å². The second-order valence-electron chi connectivity index (χ2n) is 6.73. The van der Waals surface area contributed by atoms with Crippen molar-refractivity contribution in [3.8, 4) is 16.9 Å². The van der Waals surface area contributed by atoms with Crippen LogP contribution < -0.4 is 4.74 Å². The van der Waals surface area contributed by atoms with E-state index in [2.05, 4.69) is 4.98 Å². The predicted octanol–water partition coefficient (Wildman–Crippen LogP) is 3.62. The fourth-order valence-electron chi connectivity index (χ4n) is 3.08. The fourth-order valence-corrected chi connectivity index (χ4v) is 3.08. The van der Waals surface area contributed by atoms with Crippen molar-refractivity contribution in [2.24, 2.45) is 0 Å². The first-order valence-corrected chi connectivity index (χ1v) is 9.69. The molecule has 7 nitrogen and oxygen atoms in total. The van der Waals surface area contributed by atoms with E-state index in [-0.39, 0.29) is 17.9 Å². The number of carbonyl (C=O) groups excluding carboxylic acids is 3. The Morgan fingerprint density at radius 1 is 1.10 bits per heavy atom. The van der Waals surface area contributed by atoms with Gasteiger partial charge in [0.2, 0.25) is 0 Å². The van der Waals surface area contributed by atoms with Gasteiger partial charge in [0.25, 0.3) is 11.7 Å². The third-order valence-electron chi connectivity index (χ3n) is 4.66. The zero-order valence-electron chi connectivity index (χ0n) is 17.6. The smallest absolute Gasteiger partial charge is 0.340 e. The molecule has 0 unspecified atom stereocenters. The Hall–Kier alpha value is -3.09. The van der Waals surface area contributed by atoms with E-state index in [0.717, 1.165) is 12.8 Å². The summed E-state index contributed by atoms with van der Waals surface area (Å²) in [5.74, 6) is -1.21. The molecular formula is C22H28N2O5. The number of nitrogens with zero attached hydrogens (tertiary/aromatic N) is 1. The molecule has 156 valence electrons. The van der Waals surface area contributed by atoms with Crippen LogP contribution in [0.25, 0.3) is 11.1 Å². The number of likely N-dealkylation sites (N-methyl/N-ethyl adjacent to an activating group) is 1. The number of carbonyl (C=O) groups is 3. The van der Waals surface area contributed by atoms with Crippen LogP contribution in [0.1, 0.15) is 53.2 Å². The second kappa shape index (κ2) is 9.91. The lowest BCUT2D eigenvalue weighted by molar-refractivity contribution is -0.125. The molecule has 0 radical (unpaired) electrons. The molecule has 2 aromatic rings. The van der Waals surface area contributed by atoms with E-state index in [4.69, 9.17) is 9.47 Å². The van der Waals surface area contributed by atoms with Crippen molar-refractivity contribution in [2.75, 3.05) is 27.3 Å². The number of methoxy groups -OCH3 is 1. The molecule has 0 aliphatic rings. The van der Waals surface area contributed by atoms with E-state index in [9.17, 15) is 14.4 Å². The molecule has 1 aromatic carbocycles. The number of hydrogen-bond donors (Lipinski definition) is 1. The van der Waals surface area contributed by atoms with Crippen molar-refractivity contribution in [1.29, 1.82) is 0 Å². The molecule has 0 saturated heterocycles. The largest absolute Gasteiger partial charge is 0.497 e. The Balaban J connectivity index is 2.56. The van der Waals surface area contributed by atoms with Crippen LogP contribution >= 0.6 is 0 Å². The first-order chi connectivity index (χ1) is 13.8. The number of aromatic amines is 1. The van der Waals surface area contributed by atoms with Crippen LogP contribution in [0.5, 0.6) is 5.75 Å². The number of ether oxygens (including phenoxy) is 2. The molecule has 0 saturated carbocycles. The van der Waals surface area contributed by atoms with Crippen molar-refractivity contribution in [1.82, 2.24) is 9.88 Å². The van der Waals surface area contributed by atoms with Gasteiger partial charge in [0.15, 0.2) is 0 Å². The van der Waals surface area contributed by atoms with Crippen molar-refractivity contribution < 1.29 is 23.9 Å². The summed E-state index contributed by atoms with van der Waals surface area (Å²) in [7, 11) is 3.16. The van der Waals surface area contributed by atoms with Gasteiger partial charge in [0.05, 0.1) is 19.3 Å². The molecule has 2 rings (SSSR count). The number of esters is 1. The number of aromatic nitrogens is 1. The first-order valence-electron chi connectivity index (χ1n) is 9.69. The van der Waals surface area contributed by atoms with Gasteiger partial charge in [-0.3, -0.25) is 9.59 Å². The SMILES string of the molecule is CCCCN(C)C(=O)C(=O)c1[nH]c(C)c(C(=O)OCC)c1-c1ccc(OC)cc1. The van der Waals surface area contributed by atoms with Gasteiger partial charge in [-0.2, -0.15) is 0 Å². The minimum Gasteiger partial charge on any atom is -0.497 e. The predicted molar refractivity (Wildman–Crippen MR) is 110 cm³/mol. The lowest BCUT2D eigenvalue weighted by atomic mass is 9.98. The number of rotatable bonds is 9. The standard InChI is InChI=1S/C22H28N2O5/c1-6-8-13-24(4)21(26)20(25)19-18(15-9-11-16(28-5)12-10-15)17(14(3)23-19)22(27)29-7-2/h9-12,23H,6-8,13H2,1-5H3. The van der Waals surface area contributed by atoms with Crippen LogP contribution in [0.2, 0.25) is 0 Å². The summed E-state index contributed by atoms with van der Waals surface area (Å²) in [5, 5.41) is 0. The number of nitrogens with one attached hydrogen (secondary N) is 1. The van der Waals surface area contributed by atoms with Crippen molar-refractivity contribution >= 4 is 17.7 Å². The van der Waals surface area contributed by atoms with Gasteiger partial charge in [0, 0.05) is 24.8 Å². The number of unbranched alkanes of at least 4 members (excludes halogenated alkanes) is 1. The minimum absolute atomic E-state index is 0.0871. The van der Waals surface area contributed by atoms with Gasteiger partial charge < -0.3 is 19.4 Å². The fraction of sp³-hybridized carbons (Fsp3) is 0.409. The van der Waals surface area contributed by atoms with Crippen LogP contribution in [0.4, 0.5) is 0 Å². The molecule has 0 aliphatic carbocycles. The topological polar surface area (TPSA) is 88.7 Å². The molecule has 0 fully saturated rings. The molecule has 0 bridgehead atoms. The van der Waals surface area contributed by atoms with Gasteiger partial charge in [-0.1, -0.05) is 25.5 Å². The molecule has 0 atom stereocenters. The molecule has 0 aliphatic heterocycles. The highest BCUT2D eigenvalue weighted by Gasteiger charge is 2.31. The van der Waals surface area contributed by atoms with Crippen LogP contribution in [-0.4, -0.2) is 54.9 Å². The number of amides is 1. The molecule has 29 heavy (non-hydrogen) atoms. The van der Waals surface area contributed by atoms with E-state index >= 15 is 0 Å².